The topological polar surface area (TPSA) is 57.4 Å². The van der Waals surface area contributed by atoms with Crippen molar-refractivity contribution in [3.63, 3.8) is 0 Å². The van der Waals surface area contributed by atoms with Crippen molar-refractivity contribution in [1.29, 1.82) is 5.26 Å². The number of nitrogens with zero attached hydrogens (tertiary/aromatic N) is 2. The van der Waals surface area contributed by atoms with E-state index >= 15 is 0 Å². The lowest BCUT2D eigenvalue weighted by Crippen LogP contribution is -2.13. The summed E-state index contributed by atoms with van der Waals surface area (Å²) in [6.45, 7) is 0. The third-order valence-corrected chi connectivity index (χ3v) is 2.73. The molecule has 0 radical (unpaired) electrons. The molecular weight excluding hydrogens is 298 g/mol. The molecule has 0 unspecified atom stereocenters. The largest absolute Gasteiger partial charge is 0.497 e. The number of amidine groups is 1. The Balaban J connectivity index is 3.44. The lowest BCUT2D eigenvalue weighted by molar-refractivity contribution is -0.140. The van der Waals surface area contributed by atoms with Crippen molar-refractivity contribution >= 4 is 22.6 Å². The second kappa shape index (κ2) is 6.47. The van der Waals surface area contributed by atoms with Crippen LogP contribution in [0.3, 0.4) is 0 Å². The van der Waals surface area contributed by atoms with Gasteiger partial charge in [0.25, 0.3) is 0 Å². The first-order chi connectivity index (χ1) is 9.33. The number of nitriles is 1. The van der Waals surface area contributed by atoms with Gasteiger partial charge in [-0.05, 0) is 12.3 Å². The van der Waals surface area contributed by atoms with E-state index in [0.717, 1.165) is 24.9 Å². The van der Waals surface area contributed by atoms with Crippen LogP contribution in [0.4, 0.5) is 23.2 Å². The van der Waals surface area contributed by atoms with Crippen LogP contribution in [0.25, 0.3) is 0 Å². The Morgan fingerprint density at radius 2 is 2.10 bits per heavy atom. The summed E-state index contributed by atoms with van der Waals surface area (Å²) in [4.78, 5) is 3.64. The molecule has 0 amide bonds. The van der Waals surface area contributed by atoms with Crippen molar-refractivity contribution in [2.75, 3.05) is 13.4 Å². The van der Waals surface area contributed by atoms with E-state index in [0.29, 0.717) is 6.07 Å². The monoisotopic (exact) mass is 307 g/mol. The molecular formula is C11H9F4N3OS. The van der Waals surface area contributed by atoms with Gasteiger partial charge in [0.05, 0.1) is 12.7 Å². The second-order valence-corrected chi connectivity index (χ2v) is 4.16. The predicted octanol–water partition coefficient (Wildman–Crippen LogP) is 3.27. The van der Waals surface area contributed by atoms with Gasteiger partial charge >= 0.3 is 6.18 Å². The quantitative estimate of drug-likeness (QED) is 0.299. The zero-order valence-corrected chi connectivity index (χ0v) is 11.2. The Morgan fingerprint density at radius 1 is 1.45 bits per heavy atom. The number of benzene rings is 1. The fourth-order valence-electron chi connectivity index (χ4n) is 1.27. The van der Waals surface area contributed by atoms with Gasteiger partial charge in [-0.3, -0.25) is 5.32 Å². The molecule has 0 bridgehead atoms. The zero-order valence-electron chi connectivity index (χ0n) is 10.4. The van der Waals surface area contributed by atoms with Crippen molar-refractivity contribution < 1.29 is 22.3 Å². The van der Waals surface area contributed by atoms with Crippen LogP contribution in [-0.2, 0) is 6.18 Å². The van der Waals surface area contributed by atoms with Gasteiger partial charge in [0.2, 0.25) is 0 Å². The summed E-state index contributed by atoms with van der Waals surface area (Å²) in [5.41, 5.74) is -2.04. The molecule has 1 N–H and O–H groups in total. The van der Waals surface area contributed by atoms with Crippen LogP contribution < -0.4 is 10.1 Å². The highest BCUT2D eigenvalue weighted by molar-refractivity contribution is 8.13. The van der Waals surface area contributed by atoms with E-state index in [2.05, 4.69) is 10.3 Å². The summed E-state index contributed by atoms with van der Waals surface area (Å²) < 4.78 is 56.6. The Kier molecular flexibility index (Phi) is 5.21. The van der Waals surface area contributed by atoms with E-state index in [1.165, 1.54) is 6.26 Å². The molecule has 0 aliphatic heterocycles. The number of thioether (sulfide) groups is 1. The number of methoxy groups -OCH3 is 1. The summed E-state index contributed by atoms with van der Waals surface area (Å²) in [7, 11) is 1.16. The van der Waals surface area contributed by atoms with Crippen LogP contribution in [0.15, 0.2) is 17.1 Å². The molecule has 0 aliphatic rings. The average molecular weight is 307 g/mol. The number of hydrogen-bond donors (Lipinski definition) is 1. The summed E-state index contributed by atoms with van der Waals surface area (Å²) in [5.74, 6) is -1.71. The molecule has 20 heavy (non-hydrogen) atoms. The molecule has 1 aromatic rings. The van der Waals surface area contributed by atoms with E-state index in [-0.39, 0.29) is 10.9 Å². The molecule has 0 heterocycles. The van der Waals surface area contributed by atoms with E-state index in [9.17, 15) is 17.6 Å². The van der Waals surface area contributed by atoms with Crippen molar-refractivity contribution in [3.8, 4) is 11.9 Å². The molecule has 9 heteroatoms. The van der Waals surface area contributed by atoms with E-state index in [4.69, 9.17) is 10.00 Å². The van der Waals surface area contributed by atoms with Crippen molar-refractivity contribution in [3.05, 3.63) is 23.5 Å². The highest BCUT2D eigenvalue weighted by Crippen LogP contribution is 2.38. The van der Waals surface area contributed by atoms with Crippen LogP contribution in [0.1, 0.15) is 5.56 Å². The highest BCUT2D eigenvalue weighted by Gasteiger charge is 2.36. The first-order valence-electron chi connectivity index (χ1n) is 5.06. The molecule has 4 nitrogen and oxygen atoms in total. The molecule has 0 aliphatic carbocycles. The SMILES string of the molecule is COc1cc(N=C(NC#N)SC)c(F)c(C(F)(F)F)c1. The molecule has 0 saturated heterocycles. The number of rotatable bonds is 2. The van der Waals surface area contributed by atoms with Gasteiger partial charge in [-0.15, -0.1) is 0 Å². The minimum absolute atomic E-state index is 0.0345. The number of ether oxygens (including phenoxy) is 1. The molecule has 1 rings (SSSR count). The molecule has 0 atom stereocenters. The van der Waals surface area contributed by atoms with Crippen LogP contribution in [0, 0.1) is 17.3 Å². The Bertz CT molecular complexity index is 566. The van der Waals surface area contributed by atoms with Gasteiger partial charge in [0, 0.05) is 6.07 Å². The van der Waals surface area contributed by atoms with Crippen LogP contribution in [0.5, 0.6) is 5.75 Å². The molecule has 0 saturated carbocycles. The average Bonchev–Trinajstić information content (AvgIpc) is 2.38. The van der Waals surface area contributed by atoms with Gasteiger partial charge in [0.1, 0.15) is 11.4 Å². The maximum absolute atomic E-state index is 13.8. The minimum atomic E-state index is -4.87. The first kappa shape index (κ1) is 16.1. The Labute approximate surface area is 116 Å². The number of hydrogen-bond acceptors (Lipinski definition) is 4. The summed E-state index contributed by atoms with van der Waals surface area (Å²) >= 11 is 0.952. The lowest BCUT2D eigenvalue weighted by Gasteiger charge is -2.12. The smallest absolute Gasteiger partial charge is 0.419 e. The second-order valence-electron chi connectivity index (χ2n) is 3.36. The minimum Gasteiger partial charge on any atom is -0.497 e. The summed E-state index contributed by atoms with van der Waals surface area (Å²) in [6, 6.07) is 1.56. The standard InChI is InChI=1S/C11H9F4N3OS/c1-19-6-3-7(11(13,14)15)9(12)8(4-6)18-10(20-2)17-5-16/h3-4H,1-2H3,(H,17,18). The predicted molar refractivity (Wildman–Crippen MR) is 67.3 cm³/mol. The summed E-state index contributed by atoms with van der Waals surface area (Å²) in [5, 5.41) is 10.5. The summed E-state index contributed by atoms with van der Waals surface area (Å²) in [6.07, 6.45) is -1.78. The number of nitrogens with one attached hydrogen (secondary N) is 1. The van der Waals surface area contributed by atoms with E-state index in [1.54, 1.807) is 6.19 Å². The van der Waals surface area contributed by atoms with Gasteiger partial charge in [-0.2, -0.15) is 18.4 Å². The highest BCUT2D eigenvalue weighted by atomic mass is 32.2. The maximum Gasteiger partial charge on any atom is 0.419 e. The van der Waals surface area contributed by atoms with Gasteiger partial charge in [0.15, 0.2) is 17.2 Å². The van der Waals surface area contributed by atoms with Crippen LogP contribution in [0.2, 0.25) is 0 Å². The number of alkyl halides is 3. The van der Waals surface area contributed by atoms with E-state index in [1.807, 2.05) is 0 Å². The maximum atomic E-state index is 13.8. The normalized spacial score (nSPS) is 11.9. The molecule has 0 fully saturated rings. The van der Waals surface area contributed by atoms with Crippen LogP contribution >= 0.6 is 11.8 Å². The molecule has 1 aromatic carbocycles. The van der Waals surface area contributed by atoms with Crippen molar-refractivity contribution in [2.24, 2.45) is 4.99 Å². The van der Waals surface area contributed by atoms with Gasteiger partial charge in [-0.25, -0.2) is 9.38 Å². The molecule has 0 aromatic heterocycles. The lowest BCUT2D eigenvalue weighted by atomic mass is 10.1. The zero-order chi connectivity index (χ0) is 15.3. The fraction of sp³-hybridized carbons (Fsp3) is 0.273. The van der Waals surface area contributed by atoms with Gasteiger partial charge in [-0.1, -0.05) is 11.8 Å². The third kappa shape index (κ3) is 3.77. The number of aliphatic imine (C=N–C) groups is 1. The van der Waals surface area contributed by atoms with Crippen molar-refractivity contribution in [2.45, 2.75) is 6.18 Å². The van der Waals surface area contributed by atoms with E-state index < -0.39 is 23.2 Å². The fourth-order valence-corrected chi connectivity index (χ4v) is 1.61. The number of halogens is 4. The van der Waals surface area contributed by atoms with Gasteiger partial charge < -0.3 is 4.74 Å². The molecule has 108 valence electrons. The molecule has 0 spiro atoms. The Hall–Kier alpha value is -1.95. The first-order valence-corrected chi connectivity index (χ1v) is 6.28. The third-order valence-electron chi connectivity index (χ3n) is 2.15. The van der Waals surface area contributed by atoms with Crippen molar-refractivity contribution in [1.82, 2.24) is 5.32 Å². The van der Waals surface area contributed by atoms with Crippen LogP contribution in [-0.4, -0.2) is 18.5 Å². The Morgan fingerprint density at radius 3 is 2.55 bits per heavy atom.